The third kappa shape index (κ3) is 14.1. The summed E-state index contributed by atoms with van der Waals surface area (Å²) in [5.74, 6) is -0.929. The maximum Gasteiger partial charge on any atom is 0.314 e. The van der Waals surface area contributed by atoms with Crippen LogP contribution in [0.25, 0.3) is 0 Å². The van der Waals surface area contributed by atoms with Gasteiger partial charge in [0.2, 0.25) is 0 Å². The number of hydrogen-bond donors (Lipinski definition) is 3. The number of phenolic OH excluding ortho intramolecular Hbond substituents is 1. The largest absolute Gasteiger partial charge is 0.508 e. The lowest BCUT2D eigenvalue weighted by Gasteiger charge is -2.12. The van der Waals surface area contributed by atoms with E-state index < -0.39 is 11.8 Å². The molecule has 2 amide bonds. The summed E-state index contributed by atoms with van der Waals surface area (Å²) in [5, 5.41) is 14.5. The van der Waals surface area contributed by atoms with Crippen LogP contribution in [-0.4, -0.2) is 23.5 Å². The van der Waals surface area contributed by atoms with Gasteiger partial charge in [-0.1, -0.05) is 115 Å². The van der Waals surface area contributed by atoms with Crippen molar-refractivity contribution in [3.63, 3.8) is 0 Å². The topological polar surface area (TPSA) is 87.7 Å². The first kappa shape index (κ1) is 31.2. The van der Waals surface area contributed by atoms with Crippen LogP contribution in [-0.2, 0) is 9.59 Å². The van der Waals surface area contributed by atoms with E-state index in [1.807, 2.05) is 6.07 Å². The van der Waals surface area contributed by atoms with Crippen LogP contribution in [0.5, 0.6) is 11.5 Å². The van der Waals surface area contributed by atoms with Crippen LogP contribution in [0.1, 0.15) is 110 Å². The van der Waals surface area contributed by atoms with Crippen LogP contribution in [0.2, 0.25) is 0 Å². The molecule has 0 bridgehead atoms. The zero-order valence-corrected chi connectivity index (χ0v) is 23.3. The molecule has 0 aromatic heterocycles. The molecule has 2 rings (SSSR count). The van der Waals surface area contributed by atoms with Crippen LogP contribution < -0.4 is 15.4 Å². The smallest absolute Gasteiger partial charge is 0.314 e. The Labute approximate surface area is 229 Å². The van der Waals surface area contributed by atoms with Crippen molar-refractivity contribution >= 4 is 23.2 Å². The van der Waals surface area contributed by atoms with Gasteiger partial charge in [0.15, 0.2) is 0 Å². The average molecular weight is 525 g/mol. The second-order valence-corrected chi connectivity index (χ2v) is 10.1. The van der Waals surface area contributed by atoms with Gasteiger partial charge in [0.05, 0.1) is 12.3 Å². The number of hydrogen-bond acceptors (Lipinski definition) is 4. The van der Waals surface area contributed by atoms with E-state index in [0.717, 1.165) is 12.8 Å². The van der Waals surface area contributed by atoms with Gasteiger partial charge in [-0.3, -0.25) is 9.59 Å². The Morgan fingerprint density at radius 2 is 1.11 bits per heavy atom. The lowest BCUT2D eigenvalue weighted by atomic mass is 10.0. The van der Waals surface area contributed by atoms with Crippen molar-refractivity contribution in [2.45, 2.75) is 110 Å². The molecule has 0 aliphatic heterocycles. The molecule has 210 valence electrons. The molecule has 6 nitrogen and oxygen atoms in total. The minimum Gasteiger partial charge on any atom is -0.508 e. The monoisotopic (exact) mass is 524 g/mol. The quantitative estimate of drug-likeness (QED) is 0.0919. The van der Waals surface area contributed by atoms with E-state index in [1.54, 1.807) is 18.2 Å². The maximum atomic E-state index is 12.3. The van der Waals surface area contributed by atoms with E-state index in [2.05, 4.69) is 17.6 Å². The van der Waals surface area contributed by atoms with Crippen molar-refractivity contribution in [2.75, 3.05) is 17.2 Å². The second-order valence-electron chi connectivity index (χ2n) is 10.1. The molecule has 2 aromatic rings. The van der Waals surface area contributed by atoms with E-state index in [4.69, 9.17) is 4.74 Å². The highest BCUT2D eigenvalue weighted by Gasteiger charge is 2.16. The molecule has 0 heterocycles. The summed E-state index contributed by atoms with van der Waals surface area (Å²) in [6.45, 7) is 2.85. The normalized spacial score (nSPS) is 10.8. The number of unbranched alkanes of at least 4 members (excludes halogenated alkanes) is 15. The van der Waals surface area contributed by atoms with Crippen LogP contribution >= 0.6 is 0 Å². The first-order valence-corrected chi connectivity index (χ1v) is 14.7. The molecular weight excluding hydrogens is 476 g/mol. The van der Waals surface area contributed by atoms with Crippen molar-refractivity contribution in [1.82, 2.24) is 0 Å². The Morgan fingerprint density at radius 3 is 1.66 bits per heavy atom. The number of phenols is 1. The number of carbonyl (C=O) groups is 2. The number of para-hydroxylation sites is 2. The average Bonchev–Trinajstić information content (AvgIpc) is 2.92. The minimum absolute atomic E-state index is 0.0860. The van der Waals surface area contributed by atoms with Gasteiger partial charge in [0, 0.05) is 5.69 Å². The first-order valence-electron chi connectivity index (χ1n) is 14.7. The summed E-state index contributed by atoms with van der Waals surface area (Å²) in [4.78, 5) is 24.6. The maximum absolute atomic E-state index is 12.3. The third-order valence-corrected chi connectivity index (χ3v) is 6.72. The molecule has 38 heavy (non-hydrogen) atoms. The molecule has 0 aliphatic rings. The molecule has 0 unspecified atom stereocenters. The van der Waals surface area contributed by atoms with Crippen molar-refractivity contribution in [3.8, 4) is 11.5 Å². The van der Waals surface area contributed by atoms with Crippen molar-refractivity contribution in [1.29, 1.82) is 0 Å². The van der Waals surface area contributed by atoms with Gasteiger partial charge < -0.3 is 20.5 Å². The standard InChI is InChI=1S/C32H48N2O4/c1-2-3-4-5-6-7-8-9-10-11-12-13-14-15-16-19-26-38-30-21-18-17-20-29(30)34-32(37)31(36)33-27-22-24-28(35)25-23-27/h17-18,20-25,35H,2-16,19,26H2,1H3,(H,33,36)(H,34,37). The number of carbonyl (C=O) groups excluding carboxylic acids is 2. The predicted octanol–water partition coefficient (Wildman–Crippen LogP) is 8.61. The first-order chi connectivity index (χ1) is 18.6. The molecule has 6 heteroatoms. The van der Waals surface area contributed by atoms with Gasteiger partial charge >= 0.3 is 11.8 Å². The summed E-state index contributed by atoms with van der Waals surface area (Å²) in [7, 11) is 0. The Balaban J connectivity index is 1.50. The van der Waals surface area contributed by atoms with Gasteiger partial charge in [-0.15, -0.1) is 0 Å². The van der Waals surface area contributed by atoms with E-state index in [-0.39, 0.29) is 5.75 Å². The molecule has 0 atom stereocenters. The third-order valence-electron chi connectivity index (χ3n) is 6.72. The molecule has 3 N–H and O–H groups in total. The fourth-order valence-corrected chi connectivity index (χ4v) is 4.44. The Hall–Kier alpha value is -3.02. The predicted molar refractivity (Wildman–Crippen MR) is 157 cm³/mol. The number of aromatic hydroxyl groups is 1. The molecule has 0 radical (unpaired) electrons. The van der Waals surface area contributed by atoms with E-state index in [1.165, 1.54) is 114 Å². The summed E-state index contributed by atoms with van der Waals surface area (Å²) in [5.41, 5.74) is 0.894. The number of ether oxygens (including phenoxy) is 1. The highest BCUT2D eigenvalue weighted by Crippen LogP contribution is 2.24. The molecule has 0 aliphatic carbocycles. The zero-order chi connectivity index (χ0) is 27.3. The van der Waals surface area contributed by atoms with Crippen molar-refractivity contribution in [3.05, 3.63) is 48.5 Å². The molecule has 0 fully saturated rings. The van der Waals surface area contributed by atoms with Gasteiger partial charge in [-0.2, -0.15) is 0 Å². The summed E-state index contributed by atoms with van der Waals surface area (Å²) >= 11 is 0. The van der Waals surface area contributed by atoms with Crippen LogP contribution in [0, 0.1) is 0 Å². The molecular formula is C32H48N2O4. The zero-order valence-electron chi connectivity index (χ0n) is 23.3. The Morgan fingerprint density at radius 1 is 0.632 bits per heavy atom. The lowest BCUT2D eigenvalue weighted by molar-refractivity contribution is -0.133. The van der Waals surface area contributed by atoms with Crippen LogP contribution in [0.4, 0.5) is 11.4 Å². The summed E-state index contributed by atoms with van der Waals surface area (Å²) in [6.07, 6.45) is 21.2. The molecule has 0 saturated heterocycles. The van der Waals surface area contributed by atoms with Crippen molar-refractivity contribution in [2.24, 2.45) is 0 Å². The van der Waals surface area contributed by atoms with Gasteiger partial charge in [-0.05, 0) is 42.8 Å². The fraction of sp³-hybridized carbons (Fsp3) is 0.562. The molecule has 2 aromatic carbocycles. The second kappa shape index (κ2) is 20.0. The minimum atomic E-state index is -0.789. The van der Waals surface area contributed by atoms with E-state index >= 15 is 0 Å². The summed E-state index contributed by atoms with van der Waals surface area (Å²) < 4.78 is 5.89. The highest BCUT2D eigenvalue weighted by atomic mass is 16.5. The van der Waals surface area contributed by atoms with Crippen LogP contribution in [0.3, 0.4) is 0 Å². The van der Waals surface area contributed by atoms with Gasteiger partial charge in [0.25, 0.3) is 0 Å². The van der Waals surface area contributed by atoms with E-state index in [0.29, 0.717) is 23.7 Å². The van der Waals surface area contributed by atoms with Gasteiger partial charge in [-0.25, -0.2) is 0 Å². The summed E-state index contributed by atoms with van der Waals surface area (Å²) in [6, 6.07) is 13.1. The number of amides is 2. The van der Waals surface area contributed by atoms with E-state index in [9.17, 15) is 14.7 Å². The molecule has 0 saturated carbocycles. The SMILES string of the molecule is CCCCCCCCCCCCCCCCCCOc1ccccc1NC(=O)C(=O)Nc1ccc(O)cc1. The van der Waals surface area contributed by atoms with Crippen molar-refractivity contribution < 1.29 is 19.4 Å². The van der Waals surface area contributed by atoms with Gasteiger partial charge in [0.1, 0.15) is 11.5 Å². The fourth-order valence-electron chi connectivity index (χ4n) is 4.44. The van der Waals surface area contributed by atoms with Crippen LogP contribution in [0.15, 0.2) is 48.5 Å². The number of benzene rings is 2. The number of rotatable bonds is 20. The molecule has 0 spiro atoms. The lowest BCUT2D eigenvalue weighted by Crippen LogP contribution is -2.29. The Kier molecular flexibility index (Phi) is 16.4. The Bertz CT molecular complexity index is 914. The highest BCUT2D eigenvalue weighted by molar-refractivity contribution is 6.43. The number of nitrogens with one attached hydrogen (secondary N) is 2. The number of anilines is 2.